The van der Waals surface area contributed by atoms with Gasteiger partial charge in [0.25, 0.3) is 0 Å². The third kappa shape index (κ3) is 1.96. The molecule has 0 atom stereocenters. The molecule has 0 saturated heterocycles. The van der Waals surface area contributed by atoms with Gasteiger partial charge in [0.1, 0.15) is 5.01 Å². The summed E-state index contributed by atoms with van der Waals surface area (Å²) < 4.78 is 0. The second-order valence-corrected chi connectivity index (χ2v) is 6.09. The summed E-state index contributed by atoms with van der Waals surface area (Å²) in [5.74, 6) is -0.911. The maximum absolute atomic E-state index is 11.1. The molecule has 0 unspecified atom stereocenters. The Hall–Kier alpha value is -2.46. The topological polar surface area (TPSA) is 50.2 Å². The van der Waals surface area contributed by atoms with Crippen LogP contribution in [0.4, 0.5) is 0 Å². The van der Waals surface area contributed by atoms with E-state index in [0.29, 0.717) is 5.56 Å². The number of carboxylic acid groups (broad SMARTS) is 1. The van der Waals surface area contributed by atoms with Crippen LogP contribution in [0.25, 0.3) is 21.8 Å². The Labute approximate surface area is 125 Å². The average molecular weight is 293 g/mol. The molecule has 3 aromatic rings. The van der Waals surface area contributed by atoms with Crippen molar-refractivity contribution in [1.82, 2.24) is 4.98 Å². The molecular weight excluding hydrogens is 282 g/mol. The van der Waals surface area contributed by atoms with Crippen molar-refractivity contribution in [3.8, 4) is 21.8 Å². The Morgan fingerprint density at radius 3 is 2.86 bits per heavy atom. The van der Waals surface area contributed by atoms with E-state index in [1.807, 2.05) is 18.2 Å². The van der Waals surface area contributed by atoms with Crippen LogP contribution in [0.15, 0.2) is 48.5 Å². The maximum atomic E-state index is 11.1. The number of aromatic nitrogens is 1. The molecule has 21 heavy (non-hydrogen) atoms. The zero-order valence-electron chi connectivity index (χ0n) is 11.0. The molecule has 4 rings (SSSR count). The van der Waals surface area contributed by atoms with Gasteiger partial charge < -0.3 is 5.11 Å². The summed E-state index contributed by atoms with van der Waals surface area (Å²) in [6, 6.07) is 15.3. The highest BCUT2D eigenvalue weighted by atomic mass is 32.1. The third-order valence-electron chi connectivity index (χ3n) is 3.68. The highest BCUT2D eigenvalue weighted by Gasteiger charge is 2.23. The van der Waals surface area contributed by atoms with E-state index in [0.717, 1.165) is 22.7 Å². The largest absolute Gasteiger partial charge is 0.478 e. The predicted octanol–water partition coefficient (Wildman–Crippen LogP) is 4.08. The fraction of sp³-hybridized carbons (Fsp3) is 0.0588. The van der Waals surface area contributed by atoms with Crippen molar-refractivity contribution >= 4 is 17.3 Å². The first-order valence-corrected chi connectivity index (χ1v) is 7.46. The van der Waals surface area contributed by atoms with Crippen LogP contribution in [-0.4, -0.2) is 16.1 Å². The first-order chi connectivity index (χ1) is 10.2. The van der Waals surface area contributed by atoms with Gasteiger partial charge in [-0.3, -0.25) is 0 Å². The molecule has 0 spiro atoms. The fourth-order valence-electron chi connectivity index (χ4n) is 2.67. The Morgan fingerprint density at radius 1 is 1.14 bits per heavy atom. The molecule has 0 saturated carbocycles. The van der Waals surface area contributed by atoms with Crippen LogP contribution in [0.1, 0.15) is 20.8 Å². The number of carboxylic acids is 1. The number of nitrogens with zero attached hydrogens (tertiary/aromatic N) is 1. The lowest BCUT2D eigenvalue weighted by Gasteiger charge is -2.00. The maximum Gasteiger partial charge on any atom is 0.335 e. The standard InChI is InChI=1S/C17H11NO2S/c19-17(20)12-6-3-5-11(8-12)16-18-15-13-7-2-1-4-10(13)9-14(15)21-16/h1-8H,9H2,(H,19,20). The van der Waals surface area contributed by atoms with E-state index < -0.39 is 5.97 Å². The minimum Gasteiger partial charge on any atom is -0.478 e. The quantitative estimate of drug-likeness (QED) is 0.606. The van der Waals surface area contributed by atoms with E-state index in [1.165, 1.54) is 16.0 Å². The van der Waals surface area contributed by atoms with Gasteiger partial charge in [-0.1, -0.05) is 36.4 Å². The van der Waals surface area contributed by atoms with Gasteiger partial charge in [-0.05, 0) is 17.7 Å². The third-order valence-corrected chi connectivity index (χ3v) is 4.78. The minimum atomic E-state index is -0.911. The van der Waals surface area contributed by atoms with Crippen molar-refractivity contribution in [2.75, 3.05) is 0 Å². The highest BCUT2D eigenvalue weighted by Crippen LogP contribution is 2.41. The lowest BCUT2D eigenvalue weighted by Crippen LogP contribution is -1.95. The average Bonchev–Trinajstić information content (AvgIpc) is 3.05. The number of hydrogen-bond donors (Lipinski definition) is 1. The second-order valence-electron chi connectivity index (χ2n) is 5.01. The molecule has 0 bridgehead atoms. The Bertz CT molecular complexity index is 867. The fourth-order valence-corrected chi connectivity index (χ4v) is 3.76. The van der Waals surface area contributed by atoms with Crippen LogP contribution >= 0.6 is 11.3 Å². The molecule has 0 radical (unpaired) electrons. The van der Waals surface area contributed by atoms with Gasteiger partial charge >= 0.3 is 5.97 Å². The van der Waals surface area contributed by atoms with E-state index in [-0.39, 0.29) is 0 Å². The molecule has 0 aliphatic heterocycles. The Balaban J connectivity index is 1.80. The molecular formula is C17H11NO2S. The summed E-state index contributed by atoms with van der Waals surface area (Å²) in [5, 5.41) is 9.97. The van der Waals surface area contributed by atoms with E-state index in [9.17, 15) is 4.79 Å². The van der Waals surface area contributed by atoms with Crippen molar-refractivity contribution in [2.45, 2.75) is 6.42 Å². The molecule has 3 nitrogen and oxygen atoms in total. The first-order valence-electron chi connectivity index (χ1n) is 6.64. The zero-order chi connectivity index (χ0) is 14.4. The molecule has 2 aromatic carbocycles. The van der Waals surface area contributed by atoms with Crippen LogP contribution in [0.5, 0.6) is 0 Å². The summed E-state index contributed by atoms with van der Waals surface area (Å²) in [4.78, 5) is 17.1. The number of carbonyl (C=O) groups is 1. The van der Waals surface area contributed by atoms with Crippen LogP contribution in [-0.2, 0) is 6.42 Å². The predicted molar refractivity (Wildman–Crippen MR) is 82.8 cm³/mol. The SMILES string of the molecule is O=C(O)c1cccc(-c2nc3c(s2)Cc2ccccc2-3)c1. The highest BCUT2D eigenvalue weighted by molar-refractivity contribution is 7.15. The van der Waals surface area contributed by atoms with Gasteiger partial charge in [0.15, 0.2) is 0 Å². The van der Waals surface area contributed by atoms with Gasteiger partial charge in [0.2, 0.25) is 0 Å². The molecule has 102 valence electrons. The van der Waals surface area contributed by atoms with Crippen LogP contribution in [0, 0.1) is 0 Å². The monoisotopic (exact) mass is 293 g/mol. The summed E-state index contributed by atoms with van der Waals surface area (Å²) in [7, 11) is 0. The van der Waals surface area contributed by atoms with Crippen molar-refractivity contribution in [1.29, 1.82) is 0 Å². The zero-order valence-corrected chi connectivity index (χ0v) is 11.9. The lowest BCUT2D eigenvalue weighted by molar-refractivity contribution is 0.0697. The molecule has 0 fully saturated rings. The van der Waals surface area contributed by atoms with Gasteiger partial charge in [-0.25, -0.2) is 9.78 Å². The molecule has 1 aliphatic rings. The van der Waals surface area contributed by atoms with Crippen LogP contribution in [0.3, 0.4) is 0 Å². The van der Waals surface area contributed by atoms with Crippen molar-refractivity contribution in [2.24, 2.45) is 0 Å². The van der Waals surface area contributed by atoms with Crippen molar-refractivity contribution < 1.29 is 9.90 Å². The number of fused-ring (bicyclic) bond motifs is 3. The molecule has 1 aliphatic carbocycles. The minimum absolute atomic E-state index is 0.295. The second kappa shape index (κ2) is 4.53. The molecule has 1 aromatic heterocycles. The molecule has 0 amide bonds. The van der Waals surface area contributed by atoms with E-state index >= 15 is 0 Å². The van der Waals surface area contributed by atoms with Gasteiger partial charge in [-0.2, -0.15) is 0 Å². The number of aromatic carboxylic acids is 1. The van der Waals surface area contributed by atoms with Crippen molar-refractivity contribution in [3.05, 3.63) is 64.5 Å². The van der Waals surface area contributed by atoms with Crippen molar-refractivity contribution in [3.63, 3.8) is 0 Å². The Kier molecular flexibility index (Phi) is 2.65. The molecule has 1 heterocycles. The number of hydrogen-bond acceptors (Lipinski definition) is 3. The summed E-state index contributed by atoms with van der Waals surface area (Å²) in [6.07, 6.45) is 0.918. The first kappa shape index (κ1) is 12.3. The number of rotatable bonds is 2. The number of benzene rings is 2. The normalized spacial score (nSPS) is 12.0. The lowest BCUT2D eigenvalue weighted by atomic mass is 10.1. The molecule has 4 heteroatoms. The van der Waals surface area contributed by atoms with Gasteiger partial charge in [0, 0.05) is 22.4 Å². The molecule has 1 N–H and O–H groups in total. The summed E-state index contributed by atoms with van der Waals surface area (Å²) in [5.41, 5.74) is 4.72. The number of thiazole rings is 1. The smallest absolute Gasteiger partial charge is 0.335 e. The summed E-state index contributed by atoms with van der Waals surface area (Å²) in [6.45, 7) is 0. The van der Waals surface area contributed by atoms with Crippen LogP contribution < -0.4 is 0 Å². The summed E-state index contributed by atoms with van der Waals surface area (Å²) >= 11 is 1.65. The van der Waals surface area contributed by atoms with E-state index in [4.69, 9.17) is 10.1 Å². The van der Waals surface area contributed by atoms with Gasteiger partial charge in [-0.15, -0.1) is 11.3 Å². The van der Waals surface area contributed by atoms with Gasteiger partial charge in [0.05, 0.1) is 11.3 Å². The van der Waals surface area contributed by atoms with E-state index in [2.05, 4.69) is 12.1 Å². The van der Waals surface area contributed by atoms with E-state index in [1.54, 1.807) is 29.5 Å². The van der Waals surface area contributed by atoms with Crippen LogP contribution in [0.2, 0.25) is 0 Å². The Morgan fingerprint density at radius 2 is 2.00 bits per heavy atom.